The van der Waals surface area contributed by atoms with E-state index < -0.39 is 0 Å². The number of hydrogen-bond acceptors (Lipinski definition) is 1. The first-order chi connectivity index (χ1) is 27.6. The van der Waals surface area contributed by atoms with Crippen LogP contribution in [0.1, 0.15) is 50.4 Å². The monoisotopic (exact) mass is 718 g/mol. The zero-order chi connectivity index (χ0) is 37.1. The molecule has 268 valence electrons. The van der Waals surface area contributed by atoms with E-state index in [1.165, 1.54) is 106 Å². The van der Waals surface area contributed by atoms with E-state index in [0.717, 1.165) is 25.7 Å². The van der Waals surface area contributed by atoms with Crippen LogP contribution in [0.4, 0.5) is 11.4 Å². The molecule has 2 unspecified atom stereocenters. The molecule has 0 saturated carbocycles. The molecule has 0 bridgehead atoms. The minimum absolute atomic E-state index is 0.243. The Morgan fingerprint density at radius 2 is 1.20 bits per heavy atom. The summed E-state index contributed by atoms with van der Waals surface area (Å²) in [7, 11) is 0. The Labute approximate surface area is 328 Å². The minimum Gasteiger partial charge on any atom is -0.333 e. The van der Waals surface area contributed by atoms with Crippen molar-refractivity contribution in [2.24, 2.45) is 0 Å². The van der Waals surface area contributed by atoms with Gasteiger partial charge in [0, 0.05) is 33.8 Å². The van der Waals surface area contributed by atoms with Crippen molar-refractivity contribution in [3.8, 4) is 27.9 Å². The lowest BCUT2D eigenvalue weighted by Gasteiger charge is -2.35. The summed E-state index contributed by atoms with van der Waals surface area (Å²) in [5.41, 5.74) is 25.0. The summed E-state index contributed by atoms with van der Waals surface area (Å²) in [4.78, 5) is 2.68. The Hall–Kier alpha value is -6.38. The molecule has 0 spiro atoms. The highest BCUT2D eigenvalue weighted by atomic mass is 15.2. The van der Waals surface area contributed by atoms with E-state index in [0.29, 0.717) is 5.92 Å². The van der Waals surface area contributed by atoms with Gasteiger partial charge in [0.25, 0.3) is 0 Å². The van der Waals surface area contributed by atoms with Crippen LogP contribution >= 0.6 is 0 Å². The van der Waals surface area contributed by atoms with Gasteiger partial charge in [-0.1, -0.05) is 126 Å². The summed E-state index contributed by atoms with van der Waals surface area (Å²) in [5.74, 6) is 0.292. The number of anilines is 2. The maximum Gasteiger partial charge on any atom is 0.0630 e. The van der Waals surface area contributed by atoms with Crippen molar-refractivity contribution >= 4 is 38.8 Å². The fourth-order valence-corrected chi connectivity index (χ4v) is 10.8. The fraction of sp³-hybridized carbons (Fsp3) is 0.148. The lowest BCUT2D eigenvalue weighted by atomic mass is 9.72. The number of allylic oxidation sites excluding steroid dienone is 2. The Bertz CT molecular complexity index is 3000. The third kappa shape index (κ3) is 4.62. The van der Waals surface area contributed by atoms with E-state index in [-0.39, 0.29) is 6.04 Å². The van der Waals surface area contributed by atoms with Gasteiger partial charge in [-0.2, -0.15) is 0 Å². The summed E-state index contributed by atoms with van der Waals surface area (Å²) in [6.07, 6.45) is 11.6. The van der Waals surface area contributed by atoms with Crippen LogP contribution in [0, 0.1) is 13.8 Å². The molecule has 12 rings (SSSR count). The van der Waals surface area contributed by atoms with E-state index in [4.69, 9.17) is 0 Å². The van der Waals surface area contributed by atoms with Crippen molar-refractivity contribution in [2.75, 3.05) is 4.90 Å². The molecule has 8 aromatic rings. The van der Waals surface area contributed by atoms with Gasteiger partial charge in [0.05, 0.1) is 17.1 Å². The summed E-state index contributed by atoms with van der Waals surface area (Å²) < 4.78 is 2.57. The van der Waals surface area contributed by atoms with Crippen LogP contribution in [0.5, 0.6) is 0 Å². The lowest BCUT2D eigenvalue weighted by Crippen LogP contribution is -2.29. The molecule has 0 saturated heterocycles. The summed E-state index contributed by atoms with van der Waals surface area (Å²) in [5, 5.41) is 2.73. The number of para-hydroxylation sites is 2. The highest BCUT2D eigenvalue weighted by Gasteiger charge is 2.43. The first-order valence-corrected chi connectivity index (χ1v) is 20.3. The van der Waals surface area contributed by atoms with Crippen LogP contribution < -0.4 is 4.90 Å². The van der Waals surface area contributed by atoms with E-state index in [2.05, 4.69) is 181 Å². The summed E-state index contributed by atoms with van der Waals surface area (Å²) in [6.45, 7) is 4.38. The SMILES string of the molecule is Cc1cccc(C2=CC3c4cc5c6c(c4N(c4ccccc4)C3C=C2)CCc2cc3c4cc(-c7cccc(C)c7)ccc4n(-c4ccccc4)c3c(c2-6)CC5)c1. The summed E-state index contributed by atoms with van der Waals surface area (Å²) in [6, 6.07) is 52.7. The van der Waals surface area contributed by atoms with Gasteiger partial charge in [-0.15, -0.1) is 0 Å². The zero-order valence-electron chi connectivity index (χ0n) is 31.9. The summed E-state index contributed by atoms with van der Waals surface area (Å²) >= 11 is 0. The highest BCUT2D eigenvalue weighted by molar-refractivity contribution is 6.14. The average Bonchev–Trinajstić information content (AvgIpc) is 3.75. The molecule has 2 heterocycles. The second-order valence-corrected chi connectivity index (χ2v) is 16.5. The second-order valence-electron chi connectivity index (χ2n) is 16.5. The number of rotatable bonds is 4. The van der Waals surface area contributed by atoms with Crippen molar-refractivity contribution in [1.29, 1.82) is 0 Å². The van der Waals surface area contributed by atoms with Gasteiger partial charge >= 0.3 is 0 Å². The van der Waals surface area contributed by atoms with Crippen LogP contribution in [0.2, 0.25) is 0 Å². The maximum atomic E-state index is 2.68. The molecule has 1 aliphatic heterocycles. The number of nitrogens with zero attached hydrogens (tertiary/aromatic N) is 2. The Kier molecular flexibility index (Phi) is 6.87. The molecular weight excluding hydrogens is 677 g/mol. The third-order valence-corrected chi connectivity index (χ3v) is 13.1. The first kappa shape index (κ1) is 31.9. The van der Waals surface area contributed by atoms with Crippen molar-refractivity contribution in [3.63, 3.8) is 0 Å². The molecule has 0 radical (unpaired) electrons. The van der Waals surface area contributed by atoms with Gasteiger partial charge < -0.3 is 9.47 Å². The Balaban J connectivity index is 1.11. The minimum atomic E-state index is 0.243. The van der Waals surface area contributed by atoms with E-state index in [1.54, 1.807) is 5.56 Å². The molecular formula is C54H42N2. The molecule has 2 heteroatoms. The van der Waals surface area contributed by atoms with E-state index in [9.17, 15) is 0 Å². The smallest absolute Gasteiger partial charge is 0.0630 e. The molecule has 56 heavy (non-hydrogen) atoms. The molecule has 2 atom stereocenters. The second kappa shape index (κ2) is 12.1. The molecule has 4 aliphatic rings. The van der Waals surface area contributed by atoms with Gasteiger partial charge in [-0.05, 0) is 143 Å². The van der Waals surface area contributed by atoms with Crippen molar-refractivity contribution in [2.45, 2.75) is 51.5 Å². The number of aromatic nitrogens is 1. The third-order valence-electron chi connectivity index (χ3n) is 13.1. The maximum absolute atomic E-state index is 2.68. The predicted octanol–water partition coefficient (Wildman–Crippen LogP) is 13.2. The van der Waals surface area contributed by atoms with Crippen molar-refractivity contribution in [3.05, 3.63) is 202 Å². The van der Waals surface area contributed by atoms with Gasteiger partial charge in [-0.3, -0.25) is 0 Å². The quantitative estimate of drug-likeness (QED) is 0.176. The molecule has 0 N–H and O–H groups in total. The molecule has 1 aromatic heterocycles. The number of hydrogen-bond donors (Lipinski definition) is 0. The zero-order valence-corrected chi connectivity index (χ0v) is 31.9. The van der Waals surface area contributed by atoms with E-state index >= 15 is 0 Å². The van der Waals surface area contributed by atoms with Crippen LogP contribution in [0.3, 0.4) is 0 Å². The molecule has 3 aliphatic carbocycles. The molecule has 7 aromatic carbocycles. The Morgan fingerprint density at radius 3 is 1.96 bits per heavy atom. The predicted molar refractivity (Wildman–Crippen MR) is 235 cm³/mol. The normalized spacial score (nSPS) is 17.5. The molecule has 0 amide bonds. The number of fused-ring (bicyclic) bond motifs is 8. The van der Waals surface area contributed by atoms with Crippen molar-refractivity contribution in [1.82, 2.24) is 4.57 Å². The van der Waals surface area contributed by atoms with Crippen LogP contribution in [-0.4, -0.2) is 10.6 Å². The van der Waals surface area contributed by atoms with Crippen LogP contribution in [0.25, 0.3) is 55.3 Å². The van der Waals surface area contributed by atoms with Crippen LogP contribution in [0.15, 0.2) is 158 Å². The van der Waals surface area contributed by atoms with Gasteiger partial charge in [0.1, 0.15) is 0 Å². The molecule has 0 fully saturated rings. The van der Waals surface area contributed by atoms with Crippen molar-refractivity contribution < 1.29 is 0 Å². The van der Waals surface area contributed by atoms with Gasteiger partial charge in [0.2, 0.25) is 0 Å². The van der Waals surface area contributed by atoms with Gasteiger partial charge in [-0.25, -0.2) is 0 Å². The largest absolute Gasteiger partial charge is 0.333 e. The number of benzene rings is 7. The highest BCUT2D eigenvalue weighted by Crippen LogP contribution is 2.57. The Morgan fingerprint density at radius 1 is 0.536 bits per heavy atom. The molecule has 2 nitrogen and oxygen atoms in total. The average molecular weight is 719 g/mol. The van der Waals surface area contributed by atoms with Gasteiger partial charge in [0.15, 0.2) is 0 Å². The van der Waals surface area contributed by atoms with Crippen LogP contribution in [-0.2, 0) is 25.7 Å². The van der Waals surface area contributed by atoms with E-state index in [1.807, 2.05) is 0 Å². The number of aryl methyl sites for hydroxylation is 5. The standard InChI is InChI=1S/C54H42N2/c1-33-11-9-13-35(27-33)37-21-25-49-45(29-37)47-31-39-19-24-44-52-40(20-23-43(51(39)52)53(47)55(49)41-15-5-3-6-16-41)32-48-46-30-38(36-14-10-12-34(2)28-36)22-26-50(46)56(54(44)48)42-17-7-4-8-18-42/h3-18,21-22,25-32,45,49H,19-20,23-24H2,1-2H3. The first-order valence-electron chi connectivity index (χ1n) is 20.3. The fourth-order valence-electron chi connectivity index (χ4n) is 10.8. The topological polar surface area (TPSA) is 8.17 Å². The lowest BCUT2D eigenvalue weighted by molar-refractivity contribution is 0.746.